The predicted molar refractivity (Wildman–Crippen MR) is 104 cm³/mol. The van der Waals surface area contributed by atoms with Gasteiger partial charge in [0.2, 0.25) is 0 Å². The van der Waals surface area contributed by atoms with Crippen molar-refractivity contribution in [3.63, 3.8) is 0 Å². The van der Waals surface area contributed by atoms with Crippen molar-refractivity contribution in [1.82, 2.24) is 30.4 Å². The number of hydrogen-bond donors (Lipinski definition) is 3. The highest BCUT2D eigenvalue weighted by molar-refractivity contribution is 8.00. The van der Waals surface area contributed by atoms with Crippen LogP contribution in [0.5, 0.6) is 0 Å². The summed E-state index contributed by atoms with van der Waals surface area (Å²) in [6.45, 7) is 5.33. The number of aliphatic imine (C=N–C) groups is 1. The summed E-state index contributed by atoms with van der Waals surface area (Å²) >= 11 is 2.03. The van der Waals surface area contributed by atoms with E-state index >= 15 is 0 Å². The molecule has 0 saturated carbocycles. The van der Waals surface area contributed by atoms with Crippen LogP contribution in [0.2, 0.25) is 0 Å². The van der Waals surface area contributed by atoms with E-state index in [1.807, 2.05) is 18.8 Å². The van der Waals surface area contributed by atoms with Crippen LogP contribution in [0.3, 0.4) is 0 Å². The van der Waals surface area contributed by atoms with Crippen molar-refractivity contribution in [2.24, 2.45) is 12.0 Å². The lowest BCUT2D eigenvalue weighted by molar-refractivity contribution is 0.766. The zero-order valence-corrected chi connectivity index (χ0v) is 15.6. The van der Waals surface area contributed by atoms with Crippen LogP contribution in [0.25, 0.3) is 11.0 Å². The highest BCUT2D eigenvalue weighted by Crippen LogP contribution is 2.26. The molecule has 0 aliphatic carbocycles. The number of guanidine groups is 1. The Bertz CT molecular complexity index is 707. The Hall–Kier alpha value is -2.03. The fourth-order valence-corrected chi connectivity index (χ4v) is 3.97. The average molecular weight is 363 g/mol. The largest absolute Gasteiger partial charge is 0.368 e. The van der Waals surface area contributed by atoms with Crippen LogP contribution in [0.4, 0.5) is 5.82 Å². The summed E-state index contributed by atoms with van der Waals surface area (Å²) in [5, 5.41) is 15.8. The van der Waals surface area contributed by atoms with Crippen LogP contribution in [-0.2, 0) is 7.05 Å². The first-order valence-corrected chi connectivity index (χ1v) is 9.83. The number of nitrogens with one attached hydrogen (secondary N) is 3. The zero-order valence-electron chi connectivity index (χ0n) is 14.8. The van der Waals surface area contributed by atoms with Crippen molar-refractivity contribution < 1.29 is 0 Å². The molecule has 0 aromatic carbocycles. The third kappa shape index (κ3) is 4.75. The summed E-state index contributed by atoms with van der Waals surface area (Å²) in [5.74, 6) is 2.96. The van der Waals surface area contributed by atoms with Gasteiger partial charge in [0.15, 0.2) is 11.6 Å². The predicted octanol–water partition coefficient (Wildman–Crippen LogP) is 1.23. The second-order valence-electron chi connectivity index (χ2n) is 5.94. The average Bonchev–Trinajstić information content (AvgIpc) is 3.27. The van der Waals surface area contributed by atoms with Gasteiger partial charge in [0.25, 0.3) is 0 Å². The Balaban J connectivity index is 1.49. The van der Waals surface area contributed by atoms with E-state index in [-0.39, 0.29) is 0 Å². The van der Waals surface area contributed by atoms with E-state index < -0.39 is 0 Å². The summed E-state index contributed by atoms with van der Waals surface area (Å²) in [5.41, 5.74) is 0.828. The van der Waals surface area contributed by atoms with E-state index in [0.717, 1.165) is 49.0 Å². The second-order valence-corrected chi connectivity index (χ2v) is 7.34. The minimum atomic E-state index is 0.675. The third-order valence-electron chi connectivity index (χ3n) is 4.06. The first-order chi connectivity index (χ1) is 12.3. The molecule has 8 nitrogen and oxygen atoms in total. The minimum Gasteiger partial charge on any atom is -0.368 e. The highest BCUT2D eigenvalue weighted by atomic mass is 32.2. The summed E-state index contributed by atoms with van der Waals surface area (Å²) in [4.78, 5) is 13.3. The molecule has 1 saturated heterocycles. The number of thioether (sulfide) groups is 1. The lowest BCUT2D eigenvalue weighted by atomic mass is 10.2. The van der Waals surface area contributed by atoms with Gasteiger partial charge < -0.3 is 16.0 Å². The van der Waals surface area contributed by atoms with Crippen molar-refractivity contribution in [1.29, 1.82) is 0 Å². The van der Waals surface area contributed by atoms with Gasteiger partial charge in [-0.15, -0.1) is 0 Å². The molecule has 0 spiro atoms. The lowest BCUT2D eigenvalue weighted by Gasteiger charge is -2.13. The van der Waals surface area contributed by atoms with Gasteiger partial charge >= 0.3 is 0 Å². The standard InChI is InChI=1S/C16H26N8S/c1-3-17-16(20-9-12-5-4-8-25-12)19-7-6-18-14-13-10-23-24(2)15(13)22-11-21-14/h10-12H,3-9H2,1-2H3,(H2,17,19,20)(H,18,21,22). The Morgan fingerprint density at radius 3 is 3.08 bits per heavy atom. The summed E-state index contributed by atoms with van der Waals surface area (Å²) in [6.07, 6.45) is 5.95. The number of hydrogen-bond acceptors (Lipinski definition) is 6. The van der Waals surface area contributed by atoms with Crippen molar-refractivity contribution >= 4 is 34.6 Å². The van der Waals surface area contributed by atoms with E-state index in [2.05, 4.69) is 37.9 Å². The second kappa shape index (κ2) is 8.89. The summed E-state index contributed by atoms with van der Waals surface area (Å²) in [7, 11) is 1.88. The van der Waals surface area contributed by atoms with Crippen molar-refractivity contribution in [2.45, 2.75) is 25.0 Å². The molecular formula is C16H26N8S. The first-order valence-electron chi connectivity index (χ1n) is 8.78. The van der Waals surface area contributed by atoms with E-state index in [9.17, 15) is 0 Å². The summed E-state index contributed by atoms with van der Waals surface area (Å²) < 4.78 is 1.75. The topological polar surface area (TPSA) is 92.1 Å². The molecule has 1 unspecified atom stereocenters. The van der Waals surface area contributed by atoms with Gasteiger partial charge in [-0.25, -0.2) is 9.97 Å². The van der Waals surface area contributed by atoms with Gasteiger partial charge in [-0.1, -0.05) is 0 Å². The molecule has 1 fully saturated rings. The highest BCUT2D eigenvalue weighted by Gasteiger charge is 2.15. The van der Waals surface area contributed by atoms with Crippen LogP contribution in [-0.4, -0.2) is 62.9 Å². The molecule has 3 rings (SSSR count). The van der Waals surface area contributed by atoms with Crippen LogP contribution >= 0.6 is 11.8 Å². The first kappa shape index (κ1) is 17.8. The van der Waals surface area contributed by atoms with E-state index in [0.29, 0.717) is 5.25 Å². The Morgan fingerprint density at radius 1 is 1.36 bits per heavy atom. The Labute approximate surface area is 152 Å². The molecule has 1 aliphatic rings. The molecule has 0 bridgehead atoms. The lowest BCUT2D eigenvalue weighted by Crippen LogP contribution is -2.40. The molecule has 1 atom stereocenters. The Kier molecular flexibility index (Phi) is 6.32. The van der Waals surface area contributed by atoms with E-state index in [1.54, 1.807) is 17.2 Å². The number of aryl methyl sites for hydroxylation is 1. The third-order valence-corrected chi connectivity index (χ3v) is 5.44. The maximum Gasteiger partial charge on any atom is 0.191 e. The number of fused-ring (bicyclic) bond motifs is 1. The number of aromatic nitrogens is 4. The van der Waals surface area contributed by atoms with E-state index in [1.165, 1.54) is 18.6 Å². The number of nitrogens with zero attached hydrogens (tertiary/aromatic N) is 5. The maximum absolute atomic E-state index is 4.70. The normalized spacial score (nSPS) is 17.8. The molecule has 25 heavy (non-hydrogen) atoms. The molecule has 3 N–H and O–H groups in total. The molecule has 0 amide bonds. The summed E-state index contributed by atoms with van der Waals surface area (Å²) in [6, 6.07) is 0. The molecule has 9 heteroatoms. The van der Waals surface area contributed by atoms with Crippen LogP contribution < -0.4 is 16.0 Å². The fourth-order valence-electron chi connectivity index (χ4n) is 2.79. The van der Waals surface area contributed by atoms with Gasteiger partial charge in [0.05, 0.1) is 18.1 Å². The zero-order chi connectivity index (χ0) is 17.5. The van der Waals surface area contributed by atoms with Crippen LogP contribution in [0.1, 0.15) is 19.8 Å². The maximum atomic E-state index is 4.70. The van der Waals surface area contributed by atoms with Gasteiger partial charge in [-0.2, -0.15) is 16.9 Å². The SMILES string of the molecule is CCNC(=NCC1CCCS1)NCCNc1ncnc2c1cnn2C. The monoisotopic (exact) mass is 362 g/mol. The number of rotatable bonds is 7. The smallest absolute Gasteiger partial charge is 0.191 e. The minimum absolute atomic E-state index is 0.675. The fraction of sp³-hybridized carbons (Fsp3) is 0.625. The number of anilines is 1. The Morgan fingerprint density at radius 2 is 2.28 bits per heavy atom. The van der Waals surface area contributed by atoms with Crippen molar-refractivity contribution in [2.75, 3.05) is 37.2 Å². The molecular weight excluding hydrogens is 336 g/mol. The van der Waals surface area contributed by atoms with Crippen LogP contribution in [0, 0.1) is 0 Å². The van der Waals surface area contributed by atoms with Gasteiger partial charge in [0, 0.05) is 31.9 Å². The quantitative estimate of drug-likeness (QED) is 0.387. The molecule has 1 aliphatic heterocycles. The van der Waals surface area contributed by atoms with Gasteiger partial charge in [0.1, 0.15) is 12.1 Å². The molecule has 2 aromatic rings. The molecule has 3 heterocycles. The molecule has 136 valence electrons. The van der Waals surface area contributed by atoms with Gasteiger partial charge in [-0.05, 0) is 25.5 Å². The van der Waals surface area contributed by atoms with E-state index in [4.69, 9.17) is 4.99 Å². The van der Waals surface area contributed by atoms with Crippen LogP contribution in [0.15, 0.2) is 17.5 Å². The van der Waals surface area contributed by atoms with Crippen molar-refractivity contribution in [3.05, 3.63) is 12.5 Å². The molecule has 2 aromatic heterocycles. The van der Waals surface area contributed by atoms with Crippen molar-refractivity contribution in [3.8, 4) is 0 Å². The molecule has 0 radical (unpaired) electrons. The van der Waals surface area contributed by atoms with Gasteiger partial charge in [-0.3, -0.25) is 9.67 Å².